The molecule has 0 aromatic heterocycles. The first-order valence-electron chi connectivity index (χ1n) is 6.51. The van der Waals surface area contributed by atoms with E-state index in [1.807, 2.05) is 24.3 Å². The minimum atomic E-state index is -0.791. The van der Waals surface area contributed by atoms with Crippen molar-refractivity contribution in [1.29, 1.82) is 0 Å². The predicted octanol–water partition coefficient (Wildman–Crippen LogP) is 2.14. The summed E-state index contributed by atoms with van der Waals surface area (Å²) in [6, 6.07) is 7.63. The first-order valence-corrected chi connectivity index (χ1v) is 6.88. The maximum atomic E-state index is 10.5. The van der Waals surface area contributed by atoms with Crippen molar-refractivity contribution in [2.45, 2.75) is 25.4 Å². The van der Waals surface area contributed by atoms with E-state index in [-0.39, 0.29) is 25.9 Å². The summed E-state index contributed by atoms with van der Waals surface area (Å²) in [6.45, 7) is 0.433. The fourth-order valence-corrected chi connectivity index (χ4v) is 2.05. The number of hydrogen-bond donors (Lipinski definition) is 2. The third kappa shape index (κ3) is 7.33. The van der Waals surface area contributed by atoms with Crippen LogP contribution < -0.4 is 5.73 Å². The van der Waals surface area contributed by atoms with Crippen LogP contribution in [0.2, 0.25) is 5.02 Å². The van der Waals surface area contributed by atoms with E-state index in [1.165, 1.54) is 0 Å². The van der Waals surface area contributed by atoms with Crippen LogP contribution in [0.15, 0.2) is 24.3 Å². The summed E-state index contributed by atoms with van der Waals surface area (Å²) in [5, 5.41) is 9.50. The van der Waals surface area contributed by atoms with E-state index in [9.17, 15) is 4.79 Å². The number of halogens is 1. The zero-order valence-electron chi connectivity index (χ0n) is 11.3. The molecule has 6 heteroatoms. The lowest BCUT2D eigenvalue weighted by molar-refractivity contribution is 0.00937. The monoisotopic (exact) mass is 301 g/mol. The molecule has 1 unspecified atom stereocenters. The van der Waals surface area contributed by atoms with Gasteiger partial charge in [0.25, 0.3) is 0 Å². The number of aryl methyl sites for hydroxylation is 1. The molecular weight excluding hydrogens is 282 g/mol. The molecule has 0 saturated carbocycles. The Balaban J connectivity index is 2.40. The first kappa shape index (κ1) is 16.8. The second-order valence-electron chi connectivity index (χ2n) is 4.34. The van der Waals surface area contributed by atoms with Gasteiger partial charge in [0, 0.05) is 11.4 Å². The van der Waals surface area contributed by atoms with E-state index >= 15 is 0 Å². The lowest BCUT2D eigenvalue weighted by atomic mass is 10.1. The number of primary amides is 1. The van der Waals surface area contributed by atoms with E-state index in [0.717, 1.165) is 18.4 Å². The van der Waals surface area contributed by atoms with Gasteiger partial charge in [0.05, 0.1) is 25.9 Å². The fraction of sp³-hybridized carbons (Fsp3) is 0.500. The molecule has 1 rings (SSSR count). The van der Waals surface area contributed by atoms with Crippen LogP contribution in [0.25, 0.3) is 0 Å². The largest absolute Gasteiger partial charge is 0.450 e. The number of benzene rings is 1. The van der Waals surface area contributed by atoms with Gasteiger partial charge in [-0.15, -0.1) is 0 Å². The third-order valence-electron chi connectivity index (χ3n) is 2.77. The number of carbonyl (C=O) groups is 1. The minimum absolute atomic E-state index is 0.0374. The summed E-state index contributed by atoms with van der Waals surface area (Å²) in [5.41, 5.74) is 6.02. The molecule has 5 nitrogen and oxygen atoms in total. The van der Waals surface area contributed by atoms with Crippen molar-refractivity contribution in [1.82, 2.24) is 0 Å². The smallest absolute Gasteiger partial charge is 0.404 e. The summed E-state index contributed by atoms with van der Waals surface area (Å²) in [5.74, 6) is 0. The summed E-state index contributed by atoms with van der Waals surface area (Å²) < 4.78 is 10.2. The maximum absolute atomic E-state index is 10.5. The van der Waals surface area contributed by atoms with E-state index in [0.29, 0.717) is 11.4 Å². The molecule has 20 heavy (non-hydrogen) atoms. The number of hydrogen-bond acceptors (Lipinski definition) is 4. The third-order valence-corrected chi connectivity index (χ3v) is 3.01. The highest BCUT2D eigenvalue weighted by Gasteiger charge is 2.10. The summed E-state index contributed by atoms with van der Waals surface area (Å²) >= 11 is 5.93. The summed E-state index contributed by atoms with van der Waals surface area (Å²) in [7, 11) is 0. The van der Waals surface area contributed by atoms with Crippen LogP contribution in [0.3, 0.4) is 0 Å². The molecule has 1 atom stereocenters. The predicted molar refractivity (Wildman–Crippen MR) is 76.8 cm³/mol. The Morgan fingerprint density at radius 2 is 2.15 bits per heavy atom. The van der Waals surface area contributed by atoms with Gasteiger partial charge in [-0.05, 0) is 30.5 Å². The van der Waals surface area contributed by atoms with E-state index in [2.05, 4.69) is 0 Å². The minimum Gasteiger partial charge on any atom is -0.450 e. The molecule has 0 aliphatic heterocycles. The van der Waals surface area contributed by atoms with Crippen molar-refractivity contribution in [2.75, 3.05) is 19.8 Å². The van der Waals surface area contributed by atoms with Crippen LogP contribution in [0, 0.1) is 0 Å². The number of ether oxygens (including phenoxy) is 2. The van der Waals surface area contributed by atoms with Crippen LogP contribution in [0.1, 0.15) is 18.4 Å². The number of amides is 1. The van der Waals surface area contributed by atoms with Crippen molar-refractivity contribution in [2.24, 2.45) is 5.73 Å². The highest BCUT2D eigenvalue weighted by atomic mass is 35.5. The Morgan fingerprint density at radius 3 is 2.80 bits per heavy atom. The Bertz CT molecular complexity index is 414. The summed E-state index contributed by atoms with van der Waals surface area (Å²) in [4.78, 5) is 10.5. The van der Waals surface area contributed by atoms with Crippen LogP contribution >= 0.6 is 11.6 Å². The quantitative estimate of drug-likeness (QED) is 0.732. The molecule has 0 fully saturated rings. The SMILES string of the molecule is NC(=O)OCCC(CCc1cccc(Cl)c1)OCCO. The molecule has 0 spiro atoms. The molecule has 1 amide bonds. The van der Waals surface area contributed by atoms with Gasteiger partial charge in [-0.2, -0.15) is 0 Å². The van der Waals surface area contributed by atoms with Crippen LogP contribution in [0.5, 0.6) is 0 Å². The van der Waals surface area contributed by atoms with Crippen LogP contribution in [-0.2, 0) is 15.9 Å². The molecule has 0 aliphatic carbocycles. The van der Waals surface area contributed by atoms with E-state index < -0.39 is 6.09 Å². The number of nitrogens with two attached hydrogens (primary N) is 1. The van der Waals surface area contributed by atoms with Gasteiger partial charge in [-0.25, -0.2) is 4.79 Å². The molecule has 1 aromatic carbocycles. The molecule has 1 aromatic rings. The van der Waals surface area contributed by atoms with E-state index in [1.54, 1.807) is 0 Å². The Morgan fingerprint density at radius 1 is 1.35 bits per heavy atom. The van der Waals surface area contributed by atoms with E-state index in [4.69, 9.17) is 31.9 Å². The molecule has 0 bridgehead atoms. The molecule has 0 heterocycles. The van der Waals surface area contributed by atoms with Crippen molar-refractivity contribution in [3.8, 4) is 0 Å². The normalized spacial score (nSPS) is 12.1. The highest BCUT2D eigenvalue weighted by Crippen LogP contribution is 2.15. The molecule has 0 radical (unpaired) electrons. The lowest BCUT2D eigenvalue weighted by Crippen LogP contribution is -2.21. The highest BCUT2D eigenvalue weighted by molar-refractivity contribution is 6.30. The zero-order valence-corrected chi connectivity index (χ0v) is 12.0. The molecule has 0 aliphatic rings. The average molecular weight is 302 g/mol. The fourth-order valence-electron chi connectivity index (χ4n) is 1.84. The molecular formula is C14H20ClNO4. The van der Waals surface area contributed by atoms with Crippen molar-refractivity contribution in [3.05, 3.63) is 34.9 Å². The number of aliphatic hydroxyl groups is 1. The summed E-state index contributed by atoms with van der Waals surface area (Å²) in [6.07, 6.45) is 1.21. The molecule has 3 N–H and O–H groups in total. The van der Waals surface area contributed by atoms with Crippen LogP contribution in [0.4, 0.5) is 4.79 Å². The topological polar surface area (TPSA) is 81.8 Å². The second kappa shape index (κ2) is 9.58. The Labute approximate surface area is 123 Å². The zero-order chi connectivity index (χ0) is 14.8. The molecule has 0 saturated heterocycles. The van der Waals surface area contributed by atoms with Crippen molar-refractivity contribution in [3.63, 3.8) is 0 Å². The number of carbonyl (C=O) groups excluding carboxylic acids is 1. The van der Waals surface area contributed by atoms with Crippen molar-refractivity contribution >= 4 is 17.7 Å². The average Bonchev–Trinajstić information content (AvgIpc) is 2.41. The maximum Gasteiger partial charge on any atom is 0.404 e. The van der Waals surface area contributed by atoms with Gasteiger partial charge in [0.15, 0.2) is 0 Å². The van der Waals surface area contributed by atoms with Gasteiger partial charge in [-0.3, -0.25) is 0 Å². The number of rotatable bonds is 9. The van der Waals surface area contributed by atoms with Crippen molar-refractivity contribution < 1.29 is 19.4 Å². The Hall–Kier alpha value is -1.30. The van der Waals surface area contributed by atoms with Gasteiger partial charge >= 0.3 is 6.09 Å². The Kier molecular flexibility index (Phi) is 8.02. The van der Waals surface area contributed by atoms with Gasteiger partial charge < -0.3 is 20.3 Å². The molecule has 112 valence electrons. The lowest BCUT2D eigenvalue weighted by Gasteiger charge is -2.17. The van der Waals surface area contributed by atoms with Gasteiger partial charge in [-0.1, -0.05) is 23.7 Å². The van der Waals surface area contributed by atoms with Crippen LogP contribution in [-0.4, -0.2) is 37.1 Å². The second-order valence-corrected chi connectivity index (χ2v) is 4.78. The number of aliphatic hydroxyl groups excluding tert-OH is 1. The van der Waals surface area contributed by atoms with Gasteiger partial charge in [0.1, 0.15) is 0 Å². The standard InChI is InChI=1S/C14H20ClNO4/c15-12-3-1-2-11(10-12)4-5-13(19-9-7-17)6-8-20-14(16)18/h1-3,10,13,17H,4-9H2,(H2,16,18). The first-order chi connectivity index (χ1) is 9.61. The van der Waals surface area contributed by atoms with Gasteiger partial charge in [0.2, 0.25) is 0 Å².